The summed E-state index contributed by atoms with van der Waals surface area (Å²) in [6.45, 7) is 5.83. The predicted molar refractivity (Wildman–Crippen MR) is 88.4 cm³/mol. The quantitative estimate of drug-likeness (QED) is 0.606. The maximum absolute atomic E-state index is 13.9. The van der Waals surface area contributed by atoms with Crippen LogP contribution < -0.4 is 5.56 Å². The molecule has 2 aromatic carbocycles. The van der Waals surface area contributed by atoms with E-state index in [9.17, 15) is 13.6 Å². The molecular weight excluding hydrogens is 322 g/mol. The Morgan fingerprint density at radius 1 is 1.09 bits per heavy atom. The molecule has 0 N–H and O–H groups in total. The monoisotopic (exact) mass is 336 g/mol. The zero-order valence-electron chi connectivity index (χ0n) is 12.9. The second-order valence-corrected chi connectivity index (χ2v) is 4.98. The molecule has 0 aliphatic rings. The summed E-state index contributed by atoms with van der Waals surface area (Å²) in [4.78, 5) is 16.6. The van der Waals surface area contributed by atoms with Gasteiger partial charge in [0.15, 0.2) is 0 Å². The van der Waals surface area contributed by atoms with Gasteiger partial charge < -0.3 is 0 Å². The minimum Gasteiger partial charge on any atom is -0.268 e. The Morgan fingerprint density at radius 2 is 1.78 bits per heavy atom. The van der Waals surface area contributed by atoms with E-state index in [-0.39, 0.29) is 11.0 Å². The lowest BCUT2D eigenvalue weighted by Gasteiger charge is -2.10. The Labute approximate surface area is 137 Å². The van der Waals surface area contributed by atoms with Gasteiger partial charge in [-0.15, -0.1) is 0 Å². The molecular formula is C17H15ClF2N2O. The van der Waals surface area contributed by atoms with E-state index in [1.54, 1.807) is 18.2 Å². The minimum absolute atomic E-state index is 0.137. The van der Waals surface area contributed by atoms with E-state index in [0.29, 0.717) is 17.0 Å². The number of hydrogen-bond donors (Lipinski definition) is 0. The van der Waals surface area contributed by atoms with Crippen LogP contribution in [0.5, 0.6) is 0 Å². The molecule has 3 rings (SSSR count). The fourth-order valence-corrected chi connectivity index (χ4v) is 2.40. The number of hydrogen-bond acceptors (Lipinski definition) is 2. The van der Waals surface area contributed by atoms with Crippen molar-refractivity contribution in [1.82, 2.24) is 9.55 Å². The molecule has 6 heteroatoms. The molecule has 0 aliphatic carbocycles. The van der Waals surface area contributed by atoms with E-state index < -0.39 is 17.2 Å². The lowest BCUT2D eigenvalue weighted by atomic mass is 10.1. The summed E-state index contributed by atoms with van der Waals surface area (Å²) in [7, 11) is 0. The summed E-state index contributed by atoms with van der Waals surface area (Å²) in [5.74, 6) is -1.61. The van der Waals surface area contributed by atoms with Gasteiger partial charge in [-0.3, -0.25) is 4.79 Å². The van der Waals surface area contributed by atoms with Gasteiger partial charge in [0.05, 0.1) is 16.6 Å². The summed E-state index contributed by atoms with van der Waals surface area (Å²) in [5.41, 5.74) is 0.658. The van der Waals surface area contributed by atoms with Crippen LogP contribution in [-0.2, 0) is 0 Å². The van der Waals surface area contributed by atoms with Gasteiger partial charge in [-0.25, -0.2) is 18.3 Å². The Hall–Kier alpha value is -2.27. The van der Waals surface area contributed by atoms with Gasteiger partial charge in [0.25, 0.3) is 5.56 Å². The van der Waals surface area contributed by atoms with Gasteiger partial charge in [-0.05, 0) is 42.8 Å². The largest absolute Gasteiger partial charge is 0.268 e. The third-order valence-electron chi connectivity index (χ3n) is 3.13. The van der Waals surface area contributed by atoms with Crippen molar-refractivity contribution >= 4 is 22.5 Å². The maximum Gasteiger partial charge on any atom is 0.267 e. The van der Waals surface area contributed by atoms with Crippen molar-refractivity contribution in [2.45, 2.75) is 20.8 Å². The number of aromatic nitrogens is 2. The van der Waals surface area contributed by atoms with E-state index >= 15 is 0 Å². The van der Waals surface area contributed by atoms with Crippen LogP contribution in [0.4, 0.5) is 8.78 Å². The summed E-state index contributed by atoms with van der Waals surface area (Å²) in [6.07, 6.45) is 0. The van der Waals surface area contributed by atoms with Crippen LogP contribution in [0.1, 0.15) is 19.4 Å². The van der Waals surface area contributed by atoms with Crippen molar-refractivity contribution in [2.75, 3.05) is 0 Å². The predicted octanol–water partition coefficient (Wildman–Crippen LogP) is 4.65. The first-order valence-electron chi connectivity index (χ1n) is 7.12. The Kier molecular flexibility index (Phi) is 5.11. The first-order valence-corrected chi connectivity index (χ1v) is 7.49. The summed E-state index contributed by atoms with van der Waals surface area (Å²) < 4.78 is 27.8. The second kappa shape index (κ2) is 6.87. The molecule has 0 unspecified atom stereocenters. The van der Waals surface area contributed by atoms with Gasteiger partial charge in [0.2, 0.25) is 5.28 Å². The number of benzene rings is 2. The molecule has 0 aliphatic heterocycles. The maximum atomic E-state index is 13.9. The van der Waals surface area contributed by atoms with Crippen molar-refractivity contribution in [1.29, 1.82) is 0 Å². The molecule has 0 bridgehead atoms. The van der Waals surface area contributed by atoms with E-state index in [0.717, 1.165) is 22.3 Å². The first-order chi connectivity index (χ1) is 11.0. The van der Waals surface area contributed by atoms with Crippen molar-refractivity contribution < 1.29 is 8.78 Å². The first kappa shape index (κ1) is 17.1. The van der Waals surface area contributed by atoms with E-state index in [4.69, 9.17) is 11.6 Å². The normalized spacial score (nSPS) is 10.3. The van der Waals surface area contributed by atoms with E-state index in [1.807, 2.05) is 20.8 Å². The average molecular weight is 337 g/mol. The fourth-order valence-electron chi connectivity index (χ4n) is 2.14. The van der Waals surface area contributed by atoms with Crippen LogP contribution in [0.15, 0.2) is 41.2 Å². The van der Waals surface area contributed by atoms with E-state index in [1.165, 1.54) is 0 Å². The van der Waals surface area contributed by atoms with Crippen LogP contribution >= 0.6 is 11.6 Å². The Morgan fingerprint density at radius 3 is 2.43 bits per heavy atom. The van der Waals surface area contributed by atoms with Gasteiger partial charge in [-0.2, -0.15) is 0 Å². The molecule has 0 spiro atoms. The van der Waals surface area contributed by atoms with E-state index in [2.05, 4.69) is 4.98 Å². The number of halogens is 3. The molecule has 0 radical (unpaired) electrons. The molecule has 0 saturated carbocycles. The van der Waals surface area contributed by atoms with Gasteiger partial charge >= 0.3 is 0 Å². The number of rotatable bonds is 1. The second-order valence-electron chi connectivity index (χ2n) is 4.64. The average Bonchev–Trinajstić information content (AvgIpc) is 2.52. The SMILES string of the molecule is CC.Cc1ccc2nc(Cl)n(-c3ccc(F)cc3F)c(=O)c2c1. The number of fused-ring (bicyclic) bond motifs is 1. The van der Waals surface area contributed by atoms with Crippen molar-refractivity contribution in [3.63, 3.8) is 0 Å². The molecule has 1 aromatic heterocycles. The molecule has 23 heavy (non-hydrogen) atoms. The van der Waals surface area contributed by atoms with Crippen molar-refractivity contribution in [2.24, 2.45) is 0 Å². The van der Waals surface area contributed by atoms with Gasteiger partial charge in [-0.1, -0.05) is 25.5 Å². The molecule has 0 atom stereocenters. The summed E-state index contributed by atoms with van der Waals surface area (Å²) in [5, 5.41) is 0.144. The van der Waals surface area contributed by atoms with Crippen LogP contribution in [0, 0.1) is 18.6 Å². The number of nitrogens with zero attached hydrogens (tertiary/aromatic N) is 2. The zero-order valence-corrected chi connectivity index (χ0v) is 13.7. The van der Waals surface area contributed by atoms with Crippen LogP contribution in [0.3, 0.4) is 0 Å². The molecule has 3 nitrogen and oxygen atoms in total. The molecule has 3 aromatic rings. The topological polar surface area (TPSA) is 34.9 Å². The molecule has 1 heterocycles. The highest BCUT2D eigenvalue weighted by atomic mass is 35.5. The standard InChI is InChI=1S/C15H9ClF2N2O.C2H6/c1-8-2-4-12-10(6-8)14(21)20(15(16)19-12)13-5-3-9(17)7-11(13)18;1-2/h2-7H,1H3;1-2H3. The zero-order chi connectivity index (χ0) is 17.1. The van der Waals surface area contributed by atoms with Crippen molar-refractivity contribution in [3.8, 4) is 5.69 Å². The summed E-state index contributed by atoms with van der Waals surface area (Å²) in [6, 6.07) is 8.03. The Bertz CT molecular complexity index is 922. The van der Waals surface area contributed by atoms with Crippen LogP contribution in [0.2, 0.25) is 5.28 Å². The minimum atomic E-state index is -0.882. The molecule has 0 fully saturated rings. The summed E-state index contributed by atoms with van der Waals surface area (Å²) >= 11 is 5.99. The number of aryl methyl sites for hydroxylation is 1. The third kappa shape index (κ3) is 3.24. The third-order valence-corrected chi connectivity index (χ3v) is 3.39. The molecule has 0 saturated heterocycles. The smallest absolute Gasteiger partial charge is 0.267 e. The van der Waals surface area contributed by atoms with Gasteiger partial charge in [0.1, 0.15) is 11.6 Å². The highest BCUT2D eigenvalue weighted by Gasteiger charge is 2.15. The van der Waals surface area contributed by atoms with Crippen LogP contribution in [-0.4, -0.2) is 9.55 Å². The highest BCUT2D eigenvalue weighted by molar-refractivity contribution is 6.29. The van der Waals surface area contributed by atoms with Crippen LogP contribution in [0.25, 0.3) is 16.6 Å². The lowest BCUT2D eigenvalue weighted by Crippen LogP contribution is -2.21. The highest BCUT2D eigenvalue weighted by Crippen LogP contribution is 2.20. The molecule has 0 amide bonds. The molecule has 120 valence electrons. The lowest BCUT2D eigenvalue weighted by molar-refractivity contribution is 0.576. The fraction of sp³-hybridized carbons (Fsp3) is 0.176. The Balaban J connectivity index is 0.000000924. The van der Waals surface area contributed by atoms with Crippen molar-refractivity contribution in [3.05, 3.63) is 69.2 Å². The van der Waals surface area contributed by atoms with Gasteiger partial charge in [0, 0.05) is 6.07 Å².